The van der Waals surface area contributed by atoms with Crippen LogP contribution in [0.4, 0.5) is 11.5 Å². The normalized spacial score (nSPS) is 9.95. The minimum atomic E-state index is -0.258. The van der Waals surface area contributed by atoms with Gasteiger partial charge in [-0.3, -0.25) is 4.79 Å². The molecule has 6 nitrogen and oxygen atoms in total. The molecule has 1 amide bonds. The van der Waals surface area contributed by atoms with Crippen molar-refractivity contribution in [1.29, 1.82) is 0 Å². The Kier molecular flexibility index (Phi) is 3.92. The van der Waals surface area contributed by atoms with E-state index in [0.717, 1.165) is 11.3 Å². The maximum atomic E-state index is 11.3. The van der Waals surface area contributed by atoms with E-state index in [1.54, 1.807) is 19.2 Å². The van der Waals surface area contributed by atoms with Crippen molar-refractivity contribution < 1.29 is 4.79 Å². The number of para-hydroxylation sites is 1. The fourth-order valence-corrected chi connectivity index (χ4v) is 1.56. The minimum absolute atomic E-state index is 0.258. The molecule has 6 heteroatoms. The number of rotatable bonds is 4. The van der Waals surface area contributed by atoms with Crippen molar-refractivity contribution in [3.63, 3.8) is 0 Å². The van der Waals surface area contributed by atoms with Crippen LogP contribution in [0.15, 0.2) is 36.4 Å². The molecule has 0 unspecified atom stereocenters. The van der Waals surface area contributed by atoms with E-state index in [2.05, 4.69) is 20.8 Å². The lowest BCUT2D eigenvalue weighted by atomic mass is 10.2. The highest BCUT2D eigenvalue weighted by atomic mass is 16.1. The summed E-state index contributed by atoms with van der Waals surface area (Å²) in [6, 6.07) is 10.9. The van der Waals surface area contributed by atoms with Crippen LogP contribution in [0.2, 0.25) is 0 Å². The number of hydrogen-bond donors (Lipinski definition) is 3. The highest BCUT2D eigenvalue weighted by Crippen LogP contribution is 2.12. The van der Waals surface area contributed by atoms with Crippen LogP contribution in [-0.4, -0.2) is 23.2 Å². The van der Waals surface area contributed by atoms with Crippen molar-refractivity contribution in [2.75, 3.05) is 18.1 Å². The summed E-state index contributed by atoms with van der Waals surface area (Å²) in [5.74, 6) is 0.335. The zero-order chi connectivity index (χ0) is 13.7. The summed E-state index contributed by atoms with van der Waals surface area (Å²) in [6.07, 6.45) is 0. The Hall–Kier alpha value is -2.63. The highest BCUT2D eigenvalue weighted by molar-refractivity contribution is 5.91. The molecule has 1 aromatic heterocycles. The first-order valence-electron chi connectivity index (χ1n) is 5.84. The van der Waals surface area contributed by atoms with Gasteiger partial charge in [0.15, 0.2) is 5.69 Å². The molecule has 0 aliphatic rings. The molecule has 98 valence electrons. The zero-order valence-corrected chi connectivity index (χ0v) is 10.6. The van der Waals surface area contributed by atoms with Gasteiger partial charge in [0.05, 0.1) is 0 Å². The van der Waals surface area contributed by atoms with E-state index in [1.165, 1.54) is 0 Å². The van der Waals surface area contributed by atoms with E-state index in [0.29, 0.717) is 12.4 Å². The predicted molar refractivity (Wildman–Crippen MR) is 73.6 cm³/mol. The summed E-state index contributed by atoms with van der Waals surface area (Å²) in [6.45, 7) is 0.556. The van der Waals surface area contributed by atoms with Crippen LogP contribution in [-0.2, 0) is 6.54 Å². The summed E-state index contributed by atoms with van der Waals surface area (Å²) >= 11 is 0. The number of carbonyl (C=O) groups excluding carboxylic acids is 1. The maximum absolute atomic E-state index is 11.3. The fraction of sp³-hybridized carbons (Fsp3) is 0.154. The summed E-state index contributed by atoms with van der Waals surface area (Å²) < 4.78 is 0. The third kappa shape index (κ3) is 3.19. The van der Waals surface area contributed by atoms with Gasteiger partial charge in [-0.25, -0.2) is 0 Å². The Labute approximate surface area is 111 Å². The lowest BCUT2D eigenvalue weighted by Gasteiger charge is -2.07. The molecule has 0 fully saturated rings. The van der Waals surface area contributed by atoms with E-state index in [-0.39, 0.29) is 11.6 Å². The van der Waals surface area contributed by atoms with Crippen LogP contribution >= 0.6 is 0 Å². The van der Waals surface area contributed by atoms with E-state index in [9.17, 15) is 4.79 Å². The molecule has 1 heterocycles. The molecule has 2 aromatic rings. The van der Waals surface area contributed by atoms with Crippen molar-refractivity contribution >= 4 is 17.4 Å². The predicted octanol–water partition coefficient (Wildman–Crippen LogP) is 1.03. The van der Waals surface area contributed by atoms with Gasteiger partial charge in [0.1, 0.15) is 5.82 Å². The van der Waals surface area contributed by atoms with E-state index in [1.807, 2.05) is 24.3 Å². The molecule has 0 bridgehead atoms. The molecule has 4 N–H and O–H groups in total. The first kappa shape index (κ1) is 12.8. The SMILES string of the molecule is CNC(=O)c1ccc(NCc2ccccc2N)nn1. The molecule has 0 atom stereocenters. The number of benzene rings is 1. The standard InChI is InChI=1S/C13H15N5O/c1-15-13(19)11-6-7-12(18-17-11)16-8-9-4-2-3-5-10(9)14/h2-7H,8,14H2,1H3,(H,15,19)(H,16,18). The minimum Gasteiger partial charge on any atom is -0.398 e. The first-order chi connectivity index (χ1) is 9.20. The van der Waals surface area contributed by atoms with Crippen molar-refractivity contribution in [3.8, 4) is 0 Å². The lowest BCUT2D eigenvalue weighted by molar-refractivity contribution is 0.0957. The molecule has 0 saturated carbocycles. The Bertz CT molecular complexity index is 568. The maximum Gasteiger partial charge on any atom is 0.271 e. The molecule has 0 aliphatic carbocycles. The second-order valence-electron chi connectivity index (χ2n) is 3.94. The Morgan fingerprint density at radius 3 is 2.63 bits per heavy atom. The number of amides is 1. The third-order valence-electron chi connectivity index (χ3n) is 2.64. The summed E-state index contributed by atoms with van der Waals surface area (Å²) in [7, 11) is 1.55. The smallest absolute Gasteiger partial charge is 0.271 e. The van der Waals surface area contributed by atoms with Gasteiger partial charge in [0.2, 0.25) is 0 Å². The van der Waals surface area contributed by atoms with Crippen molar-refractivity contribution in [2.45, 2.75) is 6.54 Å². The van der Waals surface area contributed by atoms with Crippen LogP contribution in [0.3, 0.4) is 0 Å². The number of anilines is 2. The number of nitrogen functional groups attached to an aromatic ring is 1. The lowest BCUT2D eigenvalue weighted by Crippen LogP contribution is -2.19. The molecule has 0 aliphatic heterocycles. The number of nitrogens with one attached hydrogen (secondary N) is 2. The first-order valence-corrected chi connectivity index (χ1v) is 5.84. The average molecular weight is 257 g/mol. The van der Waals surface area contributed by atoms with E-state index < -0.39 is 0 Å². The monoisotopic (exact) mass is 257 g/mol. The molecule has 0 spiro atoms. The van der Waals surface area contributed by atoms with Gasteiger partial charge in [0.25, 0.3) is 5.91 Å². The highest BCUT2D eigenvalue weighted by Gasteiger charge is 2.05. The van der Waals surface area contributed by atoms with Crippen molar-refractivity contribution in [3.05, 3.63) is 47.7 Å². The molecule has 19 heavy (non-hydrogen) atoms. The topological polar surface area (TPSA) is 92.9 Å². The Morgan fingerprint density at radius 1 is 1.21 bits per heavy atom. The van der Waals surface area contributed by atoms with Crippen LogP contribution in [0.25, 0.3) is 0 Å². The van der Waals surface area contributed by atoms with Crippen LogP contribution in [0, 0.1) is 0 Å². The molecule has 0 radical (unpaired) electrons. The number of nitrogens with two attached hydrogens (primary N) is 1. The number of aromatic nitrogens is 2. The van der Waals surface area contributed by atoms with E-state index >= 15 is 0 Å². The zero-order valence-electron chi connectivity index (χ0n) is 10.6. The van der Waals surface area contributed by atoms with E-state index in [4.69, 9.17) is 5.73 Å². The molecular weight excluding hydrogens is 242 g/mol. The molecule has 0 saturated heterocycles. The third-order valence-corrected chi connectivity index (χ3v) is 2.64. The fourth-order valence-electron chi connectivity index (χ4n) is 1.56. The second kappa shape index (κ2) is 5.81. The number of hydrogen-bond acceptors (Lipinski definition) is 5. The largest absolute Gasteiger partial charge is 0.398 e. The van der Waals surface area contributed by atoms with Gasteiger partial charge in [-0.15, -0.1) is 10.2 Å². The Morgan fingerprint density at radius 2 is 2.00 bits per heavy atom. The summed E-state index contributed by atoms with van der Waals surface area (Å²) in [5.41, 5.74) is 7.83. The van der Waals surface area contributed by atoms with Crippen molar-refractivity contribution in [2.24, 2.45) is 0 Å². The van der Waals surface area contributed by atoms with Crippen molar-refractivity contribution in [1.82, 2.24) is 15.5 Å². The van der Waals surface area contributed by atoms with Gasteiger partial charge >= 0.3 is 0 Å². The van der Waals surface area contributed by atoms with Gasteiger partial charge in [0, 0.05) is 19.3 Å². The average Bonchev–Trinajstić information content (AvgIpc) is 2.46. The second-order valence-corrected chi connectivity index (χ2v) is 3.94. The quantitative estimate of drug-likeness (QED) is 0.711. The van der Waals surface area contributed by atoms with Gasteiger partial charge < -0.3 is 16.4 Å². The van der Waals surface area contributed by atoms with Crippen LogP contribution in [0.1, 0.15) is 16.1 Å². The van der Waals surface area contributed by atoms with Crippen LogP contribution in [0.5, 0.6) is 0 Å². The van der Waals surface area contributed by atoms with Gasteiger partial charge in [-0.1, -0.05) is 18.2 Å². The summed E-state index contributed by atoms with van der Waals surface area (Å²) in [4.78, 5) is 11.3. The molecular formula is C13H15N5O. The molecule has 1 aromatic carbocycles. The van der Waals surface area contributed by atoms with Crippen LogP contribution < -0.4 is 16.4 Å². The number of nitrogens with zero attached hydrogens (tertiary/aromatic N) is 2. The Balaban J connectivity index is 2.01. The van der Waals surface area contributed by atoms with Gasteiger partial charge in [-0.2, -0.15) is 0 Å². The molecule has 2 rings (SSSR count). The summed E-state index contributed by atoms with van der Waals surface area (Å²) in [5, 5.41) is 13.3. The number of carbonyl (C=O) groups is 1. The van der Waals surface area contributed by atoms with Gasteiger partial charge in [-0.05, 0) is 23.8 Å².